The van der Waals surface area contributed by atoms with Gasteiger partial charge in [0.2, 0.25) is 5.95 Å². The molecule has 0 saturated heterocycles. The van der Waals surface area contributed by atoms with Crippen LogP contribution in [0.5, 0.6) is 0 Å². The van der Waals surface area contributed by atoms with E-state index in [2.05, 4.69) is 48.0 Å². The number of pyridine rings is 3. The Morgan fingerprint density at radius 3 is 2.69 bits per heavy atom. The molecule has 1 aliphatic rings. The van der Waals surface area contributed by atoms with Crippen LogP contribution in [0.3, 0.4) is 0 Å². The molecule has 4 heterocycles. The molecular formula is C23H16ClF2N9. The van der Waals surface area contributed by atoms with Crippen molar-refractivity contribution in [1.82, 2.24) is 31.3 Å². The van der Waals surface area contributed by atoms with Gasteiger partial charge >= 0.3 is 0 Å². The Morgan fingerprint density at radius 2 is 1.97 bits per heavy atom. The highest BCUT2D eigenvalue weighted by Crippen LogP contribution is 2.36. The maximum atomic E-state index is 13.7. The van der Waals surface area contributed by atoms with E-state index in [1.54, 1.807) is 30.7 Å². The minimum absolute atomic E-state index is 0.160. The lowest BCUT2D eigenvalue weighted by molar-refractivity contribution is 0.480. The summed E-state index contributed by atoms with van der Waals surface area (Å²) in [6.07, 6.45) is 7.68. The molecule has 0 spiro atoms. The second-order valence-corrected chi connectivity index (χ2v) is 7.90. The molecule has 9 nitrogen and oxygen atoms in total. The third-order valence-electron chi connectivity index (χ3n) is 5.26. The molecule has 0 amide bonds. The fourth-order valence-corrected chi connectivity index (χ4v) is 3.93. The van der Waals surface area contributed by atoms with Gasteiger partial charge < -0.3 is 21.5 Å². The van der Waals surface area contributed by atoms with Crippen molar-refractivity contribution in [2.75, 3.05) is 10.6 Å². The van der Waals surface area contributed by atoms with Crippen LogP contribution in [0.15, 0.2) is 67.0 Å². The van der Waals surface area contributed by atoms with Crippen molar-refractivity contribution < 1.29 is 8.78 Å². The van der Waals surface area contributed by atoms with E-state index >= 15 is 0 Å². The molecule has 0 bridgehead atoms. The number of rotatable bonds is 6. The zero-order chi connectivity index (χ0) is 24.4. The van der Waals surface area contributed by atoms with Crippen molar-refractivity contribution in [2.45, 2.75) is 6.04 Å². The standard InChI is InChI=1S/C23H16ClF2N9/c24-17-5-14(32-21(19-11-31-35-34-19)12-2-1-3-28-8-12)4-16-20(13(7-27)9-29-22(16)17)33-15-6-18(25)23(26)30-10-15/h1-6,8-11,21,31-32,34-35H,(H,29,33)/t21-/m0/s1. The summed E-state index contributed by atoms with van der Waals surface area (Å²) in [7, 11) is 0. The Hall–Kier alpha value is -4.53. The maximum absolute atomic E-state index is 13.7. The van der Waals surface area contributed by atoms with Gasteiger partial charge in [-0.1, -0.05) is 17.7 Å². The molecule has 3 aromatic heterocycles. The van der Waals surface area contributed by atoms with E-state index in [4.69, 9.17) is 11.6 Å². The van der Waals surface area contributed by atoms with Gasteiger partial charge in [0.15, 0.2) is 5.82 Å². The van der Waals surface area contributed by atoms with Crippen molar-refractivity contribution in [3.05, 3.63) is 94.9 Å². The summed E-state index contributed by atoms with van der Waals surface area (Å²) in [6, 6.07) is 9.92. The Morgan fingerprint density at radius 1 is 1.09 bits per heavy atom. The topological polar surface area (TPSA) is 123 Å². The molecule has 0 fully saturated rings. The average Bonchev–Trinajstić information content (AvgIpc) is 3.40. The lowest BCUT2D eigenvalue weighted by atomic mass is 10.0. The van der Waals surface area contributed by atoms with Gasteiger partial charge in [0.1, 0.15) is 6.07 Å². The van der Waals surface area contributed by atoms with E-state index in [1.165, 1.54) is 6.20 Å². The van der Waals surface area contributed by atoms with E-state index in [9.17, 15) is 14.0 Å². The van der Waals surface area contributed by atoms with Gasteiger partial charge in [0.05, 0.1) is 45.4 Å². The Bertz CT molecular complexity index is 1490. The zero-order valence-electron chi connectivity index (χ0n) is 17.8. The summed E-state index contributed by atoms with van der Waals surface area (Å²) >= 11 is 6.57. The van der Waals surface area contributed by atoms with Crippen LogP contribution in [0.4, 0.5) is 25.8 Å². The molecule has 12 heteroatoms. The third kappa shape index (κ3) is 4.48. The SMILES string of the molecule is N#Cc1cnc2c(Cl)cc(N[C@H](C3=CNNN3)c3cccnc3)cc2c1Nc1cnc(F)c(F)c1. The Kier molecular flexibility index (Phi) is 5.97. The molecule has 0 aliphatic carbocycles. The van der Waals surface area contributed by atoms with Gasteiger partial charge in [-0.15, -0.1) is 0 Å². The van der Waals surface area contributed by atoms with Crippen LogP contribution in [0.1, 0.15) is 17.2 Å². The summed E-state index contributed by atoms with van der Waals surface area (Å²) in [5.74, 6) is -2.34. The molecule has 35 heavy (non-hydrogen) atoms. The summed E-state index contributed by atoms with van der Waals surface area (Å²) in [5, 5.41) is 16.9. The number of anilines is 3. The molecule has 1 atom stereocenters. The molecule has 1 aromatic carbocycles. The second kappa shape index (κ2) is 9.38. The fourth-order valence-electron chi connectivity index (χ4n) is 3.66. The van der Waals surface area contributed by atoms with Crippen molar-refractivity contribution in [1.29, 1.82) is 5.26 Å². The van der Waals surface area contributed by atoms with Gasteiger partial charge in [-0.25, -0.2) is 9.37 Å². The number of hydrogen-bond donors (Lipinski definition) is 5. The summed E-state index contributed by atoms with van der Waals surface area (Å²) in [4.78, 5) is 11.9. The highest BCUT2D eigenvalue weighted by atomic mass is 35.5. The number of nitriles is 1. The number of halogens is 3. The number of aromatic nitrogens is 3. The molecule has 5 N–H and O–H groups in total. The molecule has 1 aliphatic heterocycles. The largest absolute Gasteiger partial charge is 0.373 e. The number of hydrazine groups is 2. The predicted molar refractivity (Wildman–Crippen MR) is 127 cm³/mol. The number of nitrogens with one attached hydrogen (secondary N) is 5. The lowest BCUT2D eigenvalue weighted by Crippen LogP contribution is -2.33. The van der Waals surface area contributed by atoms with Crippen molar-refractivity contribution >= 4 is 39.6 Å². The van der Waals surface area contributed by atoms with Crippen LogP contribution < -0.4 is 27.0 Å². The first-order valence-electron chi connectivity index (χ1n) is 10.3. The van der Waals surface area contributed by atoms with Gasteiger partial charge in [-0.2, -0.15) is 15.2 Å². The lowest BCUT2D eigenvalue weighted by Gasteiger charge is -2.22. The van der Waals surface area contributed by atoms with E-state index in [0.717, 1.165) is 23.5 Å². The highest BCUT2D eigenvalue weighted by Gasteiger charge is 2.21. The van der Waals surface area contributed by atoms with Crippen LogP contribution in [0.2, 0.25) is 5.02 Å². The van der Waals surface area contributed by atoms with E-state index in [1.807, 2.05) is 12.1 Å². The first-order valence-corrected chi connectivity index (χ1v) is 10.6. The third-order valence-corrected chi connectivity index (χ3v) is 5.55. The van der Waals surface area contributed by atoms with Crippen molar-refractivity contribution in [3.63, 3.8) is 0 Å². The van der Waals surface area contributed by atoms with Crippen LogP contribution in [-0.4, -0.2) is 15.0 Å². The van der Waals surface area contributed by atoms with E-state index in [-0.39, 0.29) is 17.3 Å². The molecule has 0 saturated carbocycles. The number of fused-ring (bicyclic) bond motifs is 1. The van der Waals surface area contributed by atoms with Crippen LogP contribution in [0, 0.1) is 23.1 Å². The van der Waals surface area contributed by atoms with Crippen molar-refractivity contribution in [3.8, 4) is 6.07 Å². The van der Waals surface area contributed by atoms with Crippen molar-refractivity contribution in [2.24, 2.45) is 0 Å². The summed E-state index contributed by atoms with van der Waals surface area (Å²) < 4.78 is 27.1. The molecule has 0 unspecified atom stereocenters. The average molecular weight is 492 g/mol. The normalized spacial score (nSPS) is 13.4. The van der Waals surface area contributed by atoms with Gasteiger partial charge in [0, 0.05) is 41.9 Å². The van der Waals surface area contributed by atoms with Crippen LogP contribution in [0.25, 0.3) is 10.9 Å². The monoisotopic (exact) mass is 491 g/mol. The molecule has 4 aromatic rings. The molecule has 0 radical (unpaired) electrons. The van der Waals surface area contributed by atoms with Crippen LogP contribution >= 0.6 is 11.6 Å². The second-order valence-electron chi connectivity index (χ2n) is 7.49. The van der Waals surface area contributed by atoms with Gasteiger partial charge in [0.25, 0.3) is 0 Å². The summed E-state index contributed by atoms with van der Waals surface area (Å²) in [5.41, 5.74) is 12.1. The van der Waals surface area contributed by atoms with E-state index in [0.29, 0.717) is 27.3 Å². The first kappa shape index (κ1) is 22.3. The Balaban J connectivity index is 1.60. The molecule has 5 rings (SSSR count). The van der Waals surface area contributed by atoms with Gasteiger partial charge in [-0.05, 0) is 23.8 Å². The molecule has 174 valence electrons. The minimum Gasteiger partial charge on any atom is -0.373 e. The summed E-state index contributed by atoms with van der Waals surface area (Å²) in [6.45, 7) is 0. The van der Waals surface area contributed by atoms with E-state index < -0.39 is 11.8 Å². The minimum atomic E-state index is -1.22. The fraction of sp³-hybridized carbons (Fsp3) is 0.0435. The zero-order valence-corrected chi connectivity index (χ0v) is 18.5. The number of hydrogen-bond acceptors (Lipinski definition) is 9. The number of nitrogens with zero attached hydrogens (tertiary/aromatic N) is 4. The highest BCUT2D eigenvalue weighted by molar-refractivity contribution is 6.36. The van der Waals surface area contributed by atoms with Gasteiger partial charge in [-0.3, -0.25) is 9.97 Å². The smallest absolute Gasteiger partial charge is 0.249 e. The molecular weight excluding hydrogens is 476 g/mol. The first-order chi connectivity index (χ1) is 17.0. The number of benzene rings is 1. The predicted octanol–water partition coefficient (Wildman–Crippen LogP) is 4.18. The quantitative estimate of drug-likeness (QED) is 0.253. The maximum Gasteiger partial charge on any atom is 0.249 e. The Labute approximate surface area is 202 Å². The van der Waals surface area contributed by atoms with Crippen LogP contribution in [-0.2, 0) is 0 Å².